The van der Waals surface area contributed by atoms with Crippen LogP contribution in [0, 0.1) is 0 Å². The van der Waals surface area contributed by atoms with Gasteiger partial charge in [0.2, 0.25) is 5.91 Å². The van der Waals surface area contributed by atoms with Gasteiger partial charge in [-0.2, -0.15) is 0 Å². The van der Waals surface area contributed by atoms with Crippen LogP contribution < -0.4 is 5.32 Å². The van der Waals surface area contributed by atoms with Crippen molar-refractivity contribution in [1.29, 1.82) is 0 Å². The van der Waals surface area contributed by atoms with Crippen molar-refractivity contribution in [2.75, 3.05) is 19.8 Å². The van der Waals surface area contributed by atoms with Gasteiger partial charge in [0.1, 0.15) is 48.8 Å². The van der Waals surface area contributed by atoms with Gasteiger partial charge in [0, 0.05) is 6.42 Å². The maximum absolute atomic E-state index is 13.4. The number of hydrogen-bond acceptors (Lipinski definition) is 13. The molecule has 2 heterocycles. The Morgan fingerprint density at radius 3 is 1.13 bits per heavy atom. The van der Waals surface area contributed by atoms with Crippen LogP contribution in [-0.4, -0.2) is 140 Å². The molecule has 0 bridgehead atoms. The van der Waals surface area contributed by atoms with E-state index in [2.05, 4.69) is 116 Å². The lowest BCUT2D eigenvalue weighted by Crippen LogP contribution is -2.65. The minimum absolute atomic E-state index is 0.206. The van der Waals surface area contributed by atoms with Crippen LogP contribution in [0.3, 0.4) is 0 Å². The summed E-state index contributed by atoms with van der Waals surface area (Å²) >= 11 is 0. The number of carbonyl (C=O) groups is 1. The van der Waals surface area contributed by atoms with E-state index in [9.17, 15) is 45.6 Å². The lowest BCUT2D eigenvalue weighted by molar-refractivity contribution is -0.359. The Balaban J connectivity index is 1.60. The topological polar surface area (TPSA) is 228 Å². The van der Waals surface area contributed by atoms with E-state index in [-0.39, 0.29) is 12.5 Å². The number of aliphatic hydroxyl groups excluding tert-OH is 8. The Labute approximate surface area is 573 Å². The number of nitrogens with one attached hydrogen (secondary N) is 1. The number of aliphatic hydroxyl groups is 8. The monoisotopic (exact) mass is 1320 g/mol. The number of carbonyl (C=O) groups excluding carboxylic acids is 1. The molecule has 0 spiro atoms. The van der Waals surface area contributed by atoms with Gasteiger partial charge in [0.05, 0.1) is 32.0 Å². The SMILES string of the molecule is CC/C=C\C/C=C\C/C=C\C/C=C\C/C=C\C/C=C\C/C=C\C/C=C\CCCCCCCCCCCCCCCCC(=O)NC(COC1OC(CO)C(OC2OC(CO)C(O)C(O)C2O)C(O)C1O)C(O)CCCCCCCCCCCCCCCCCCCCCCC. The number of ether oxygens (including phenoxy) is 4. The fourth-order valence-corrected chi connectivity index (χ4v) is 12.3. The summed E-state index contributed by atoms with van der Waals surface area (Å²) in [6.45, 7) is 2.78. The fraction of sp³-hybridized carbons (Fsp3) is 0.787. The maximum atomic E-state index is 13.4. The number of unbranched alkanes of at least 4 members (excludes halogenated alkanes) is 34. The van der Waals surface area contributed by atoms with E-state index in [0.717, 1.165) is 103 Å². The van der Waals surface area contributed by atoms with Gasteiger partial charge < -0.3 is 65.1 Å². The van der Waals surface area contributed by atoms with Crippen LogP contribution in [0.1, 0.15) is 309 Å². The molecule has 2 fully saturated rings. The van der Waals surface area contributed by atoms with Crippen molar-refractivity contribution < 1.29 is 64.6 Å². The first-order valence-corrected chi connectivity index (χ1v) is 38.5. The molecule has 2 rings (SSSR count). The van der Waals surface area contributed by atoms with E-state index in [0.29, 0.717) is 12.8 Å². The van der Waals surface area contributed by atoms with Gasteiger partial charge in [-0.3, -0.25) is 4.79 Å². The molecule has 12 atom stereocenters. The molecular formula is C80H141NO13. The summed E-state index contributed by atoms with van der Waals surface area (Å²) < 4.78 is 23.0. The Morgan fingerprint density at radius 1 is 0.394 bits per heavy atom. The number of rotatable bonds is 63. The molecule has 2 aliphatic heterocycles. The molecule has 2 saturated heterocycles. The standard InChI is InChI=1S/C80H141NO13/c1-3-5-7-9-11-13-15-17-19-21-23-25-26-27-28-29-30-31-32-33-34-35-36-37-38-39-40-41-42-44-46-48-50-52-54-56-58-60-62-64-72(85)81-68(69(84)63-61-59-57-55-53-51-49-47-45-43-24-22-20-18-16-14-12-10-8-6-4-2)67-91-79-77(90)75(88)78(71(66-83)93-79)94-80-76(89)74(87)73(86)70(65-82)92-80/h5,7,11,13,17,19,23,25,27-28,30-31,33-34,36-37,68-71,73-80,82-84,86-90H,3-4,6,8-10,12,14-16,18,20-22,24,26,29,32,35,38-67H2,1-2H3,(H,81,85)/b7-5-,13-11-,19-17-,25-23-,28-27-,31-30-,34-33-,37-36-. The summed E-state index contributed by atoms with van der Waals surface area (Å²) in [5, 5.41) is 87.8. The molecule has 0 aromatic heterocycles. The summed E-state index contributed by atoms with van der Waals surface area (Å²) in [6, 6.07) is -0.835. The van der Waals surface area contributed by atoms with Crippen LogP contribution in [0.5, 0.6) is 0 Å². The third-order valence-electron chi connectivity index (χ3n) is 18.3. The van der Waals surface area contributed by atoms with E-state index < -0.39 is 86.8 Å². The molecule has 1 amide bonds. The Bertz CT molecular complexity index is 1950. The van der Waals surface area contributed by atoms with Crippen molar-refractivity contribution in [3.05, 3.63) is 97.2 Å². The molecule has 12 unspecified atom stereocenters. The summed E-state index contributed by atoms with van der Waals surface area (Å²) in [7, 11) is 0. The molecule has 544 valence electrons. The maximum Gasteiger partial charge on any atom is 0.220 e. The molecule has 9 N–H and O–H groups in total. The van der Waals surface area contributed by atoms with Gasteiger partial charge >= 0.3 is 0 Å². The van der Waals surface area contributed by atoms with Crippen LogP contribution in [0.25, 0.3) is 0 Å². The third-order valence-corrected chi connectivity index (χ3v) is 18.3. The highest BCUT2D eigenvalue weighted by Gasteiger charge is 2.51. The first-order chi connectivity index (χ1) is 46.1. The van der Waals surface area contributed by atoms with Gasteiger partial charge in [-0.1, -0.05) is 323 Å². The first kappa shape index (κ1) is 87.0. The van der Waals surface area contributed by atoms with Gasteiger partial charge in [0.25, 0.3) is 0 Å². The van der Waals surface area contributed by atoms with Crippen molar-refractivity contribution >= 4 is 5.91 Å². The van der Waals surface area contributed by atoms with Crippen molar-refractivity contribution in [2.24, 2.45) is 0 Å². The molecular weight excluding hydrogens is 1180 g/mol. The lowest BCUT2D eigenvalue weighted by atomic mass is 9.97. The fourth-order valence-electron chi connectivity index (χ4n) is 12.3. The molecule has 0 aliphatic carbocycles. The molecule has 0 saturated carbocycles. The Morgan fingerprint density at radius 2 is 0.734 bits per heavy atom. The molecule has 14 heteroatoms. The van der Waals surface area contributed by atoms with Gasteiger partial charge in [0.15, 0.2) is 12.6 Å². The second-order valence-electron chi connectivity index (χ2n) is 26.8. The van der Waals surface area contributed by atoms with E-state index in [4.69, 9.17) is 18.9 Å². The average Bonchev–Trinajstić information content (AvgIpc) is 0.794. The smallest absolute Gasteiger partial charge is 0.220 e. The quantitative estimate of drug-likeness (QED) is 0.0204. The predicted octanol–water partition coefficient (Wildman–Crippen LogP) is 16.9. The molecule has 0 radical (unpaired) electrons. The van der Waals surface area contributed by atoms with Crippen molar-refractivity contribution in [3.8, 4) is 0 Å². The number of amides is 1. The molecule has 14 nitrogen and oxygen atoms in total. The Hall–Kier alpha value is -3.09. The minimum atomic E-state index is -1.79. The Kier molecular flexibility index (Phi) is 58.6. The first-order valence-electron chi connectivity index (χ1n) is 38.5. The van der Waals surface area contributed by atoms with Crippen LogP contribution in [0.4, 0.5) is 0 Å². The second-order valence-corrected chi connectivity index (χ2v) is 26.8. The number of allylic oxidation sites excluding steroid dienone is 16. The molecule has 94 heavy (non-hydrogen) atoms. The molecule has 0 aromatic rings. The number of hydrogen-bond donors (Lipinski definition) is 9. The minimum Gasteiger partial charge on any atom is -0.394 e. The van der Waals surface area contributed by atoms with E-state index >= 15 is 0 Å². The predicted molar refractivity (Wildman–Crippen MR) is 387 cm³/mol. The lowest BCUT2D eigenvalue weighted by Gasteiger charge is -2.46. The highest BCUT2D eigenvalue weighted by molar-refractivity contribution is 5.76. The summed E-state index contributed by atoms with van der Waals surface area (Å²) in [5.74, 6) is -0.206. The summed E-state index contributed by atoms with van der Waals surface area (Å²) in [6.07, 6.45) is 72.8. The van der Waals surface area contributed by atoms with E-state index in [1.54, 1.807) is 0 Å². The van der Waals surface area contributed by atoms with E-state index in [1.165, 1.54) is 180 Å². The van der Waals surface area contributed by atoms with Crippen molar-refractivity contribution in [1.82, 2.24) is 5.32 Å². The summed E-state index contributed by atoms with van der Waals surface area (Å²) in [5.41, 5.74) is 0. The van der Waals surface area contributed by atoms with Crippen LogP contribution in [0.15, 0.2) is 97.2 Å². The average molecular weight is 1330 g/mol. The van der Waals surface area contributed by atoms with Gasteiger partial charge in [-0.15, -0.1) is 0 Å². The van der Waals surface area contributed by atoms with Crippen molar-refractivity contribution in [3.63, 3.8) is 0 Å². The van der Waals surface area contributed by atoms with Crippen LogP contribution in [-0.2, 0) is 23.7 Å². The van der Waals surface area contributed by atoms with Gasteiger partial charge in [-0.25, -0.2) is 0 Å². The largest absolute Gasteiger partial charge is 0.394 e. The molecule has 2 aliphatic rings. The zero-order valence-electron chi connectivity index (χ0n) is 59.4. The zero-order valence-corrected chi connectivity index (χ0v) is 59.4. The molecule has 0 aromatic carbocycles. The van der Waals surface area contributed by atoms with Crippen LogP contribution in [0.2, 0.25) is 0 Å². The highest BCUT2D eigenvalue weighted by atomic mass is 16.7. The zero-order chi connectivity index (χ0) is 68.0. The highest BCUT2D eigenvalue weighted by Crippen LogP contribution is 2.30. The van der Waals surface area contributed by atoms with Crippen molar-refractivity contribution in [2.45, 2.75) is 383 Å². The second kappa shape index (κ2) is 63.4. The normalized spacial score (nSPS) is 23.0. The van der Waals surface area contributed by atoms with Gasteiger partial charge in [-0.05, 0) is 77.0 Å². The van der Waals surface area contributed by atoms with E-state index in [1.807, 2.05) is 0 Å². The summed E-state index contributed by atoms with van der Waals surface area (Å²) in [4.78, 5) is 13.4. The van der Waals surface area contributed by atoms with Crippen LogP contribution >= 0.6 is 0 Å². The third kappa shape index (κ3) is 46.2.